The number of carbonyl (C=O) groups is 2. The Kier molecular flexibility index (Phi) is 21.4. The minimum Gasteiger partial charge on any atom is -0.467 e. The van der Waals surface area contributed by atoms with E-state index in [2.05, 4.69) is 12.2 Å². The first kappa shape index (κ1) is 28.3. The van der Waals surface area contributed by atoms with Gasteiger partial charge in [-0.3, -0.25) is 4.79 Å². The van der Waals surface area contributed by atoms with Crippen molar-refractivity contribution < 1.29 is 14.3 Å². The standard InChI is InChI=1S/C24H47NO3S/c1-4-5-6-7-8-9-10-11-12-13-14-15-16-17-18-19-23(26)25-22(20-21-29-3)24(27)28-2/h22H,4-21H2,1-3H3,(H,25,26)/t22-/m0/s1. The first-order valence-electron chi connectivity index (χ1n) is 12.0. The molecule has 0 fully saturated rings. The Labute approximate surface area is 184 Å². The number of hydrogen-bond donors (Lipinski definition) is 1. The van der Waals surface area contributed by atoms with E-state index in [0.29, 0.717) is 12.8 Å². The zero-order valence-corrected chi connectivity index (χ0v) is 20.3. The van der Waals surface area contributed by atoms with Crippen LogP contribution in [0.2, 0.25) is 0 Å². The van der Waals surface area contributed by atoms with Gasteiger partial charge in [0.15, 0.2) is 0 Å². The molecule has 0 rings (SSSR count). The number of nitrogens with one attached hydrogen (secondary N) is 1. The molecule has 0 radical (unpaired) electrons. The molecular formula is C24H47NO3S. The smallest absolute Gasteiger partial charge is 0.328 e. The van der Waals surface area contributed by atoms with Crippen LogP contribution in [0.4, 0.5) is 0 Å². The van der Waals surface area contributed by atoms with E-state index in [1.54, 1.807) is 11.8 Å². The van der Waals surface area contributed by atoms with E-state index in [-0.39, 0.29) is 11.9 Å². The number of methoxy groups -OCH3 is 1. The predicted molar refractivity (Wildman–Crippen MR) is 126 cm³/mol. The minimum atomic E-state index is -0.503. The second-order valence-electron chi connectivity index (χ2n) is 8.12. The molecule has 0 heterocycles. The van der Waals surface area contributed by atoms with Crippen molar-refractivity contribution in [2.45, 2.75) is 122 Å². The van der Waals surface area contributed by atoms with E-state index in [4.69, 9.17) is 4.74 Å². The van der Waals surface area contributed by atoms with E-state index in [9.17, 15) is 9.59 Å². The number of ether oxygens (including phenoxy) is 1. The second-order valence-corrected chi connectivity index (χ2v) is 9.11. The predicted octanol–water partition coefficient (Wildman–Crippen LogP) is 6.66. The molecule has 0 aliphatic rings. The molecule has 0 unspecified atom stereocenters. The van der Waals surface area contributed by atoms with Gasteiger partial charge in [0, 0.05) is 6.42 Å². The zero-order valence-electron chi connectivity index (χ0n) is 19.4. The SMILES string of the molecule is CCCCCCCCCCCCCCCCCC(=O)N[C@@H](CCSC)C(=O)OC. The Morgan fingerprint density at radius 1 is 0.793 bits per heavy atom. The number of unbranched alkanes of at least 4 members (excludes halogenated alkanes) is 14. The van der Waals surface area contributed by atoms with Gasteiger partial charge in [-0.2, -0.15) is 11.8 Å². The van der Waals surface area contributed by atoms with Crippen LogP contribution in [0.15, 0.2) is 0 Å². The first-order chi connectivity index (χ1) is 14.2. The lowest BCUT2D eigenvalue weighted by molar-refractivity contribution is -0.145. The molecule has 4 nitrogen and oxygen atoms in total. The van der Waals surface area contributed by atoms with Crippen molar-refractivity contribution in [1.29, 1.82) is 0 Å². The lowest BCUT2D eigenvalue weighted by Crippen LogP contribution is -2.41. The Morgan fingerprint density at radius 3 is 1.66 bits per heavy atom. The largest absolute Gasteiger partial charge is 0.467 e. The van der Waals surface area contributed by atoms with Crippen LogP contribution in [0.3, 0.4) is 0 Å². The van der Waals surface area contributed by atoms with Crippen molar-refractivity contribution >= 4 is 23.6 Å². The third-order valence-corrected chi connectivity index (χ3v) is 6.08. The average Bonchev–Trinajstić information content (AvgIpc) is 2.73. The van der Waals surface area contributed by atoms with Gasteiger partial charge in [-0.25, -0.2) is 4.79 Å². The maximum absolute atomic E-state index is 12.0. The molecule has 1 amide bonds. The molecule has 1 atom stereocenters. The summed E-state index contributed by atoms with van der Waals surface area (Å²) in [6.45, 7) is 2.27. The van der Waals surface area contributed by atoms with Crippen molar-refractivity contribution in [2.24, 2.45) is 0 Å². The van der Waals surface area contributed by atoms with Gasteiger partial charge in [0.25, 0.3) is 0 Å². The van der Waals surface area contributed by atoms with Gasteiger partial charge >= 0.3 is 5.97 Å². The fourth-order valence-electron chi connectivity index (χ4n) is 3.55. The summed E-state index contributed by atoms with van der Waals surface area (Å²) in [6, 6.07) is -0.503. The maximum atomic E-state index is 12.0. The van der Waals surface area contributed by atoms with Crippen LogP contribution in [0.25, 0.3) is 0 Å². The molecule has 1 N–H and O–H groups in total. The molecule has 0 saturated heterocycles. The highest BCUT2D eigenvalue weighted by molar-refractivity contribution is 7.98. The molecule has 5 heteroatoms. The second kappa shape index (κ2) is 22.0. The fourth-order valence-corrected chi connectivity index (χ4v) is 4.02. The zero-order chi connectivity index (χ0) is 21.6. The van der Waals surface area contributed by atoms with Crippen molar-refractivity contribution in [1.82, 2.24) is 5.32 Å². The van der Waals surface area contributed by atoms with Crippen LogP contribution in [0.5, 0.6) is 0 Å². The summed E-state index contributed by atoms with van der Waals surface area (Å²) in [7, 11) is 1.37. The quantitative estimate of drug-likeness (QED) is 0.164. The maximum Gasteiger partial charge on any atom is 0.328 e. The van der Waals surface area contributed by atoms with E-state index < -0.39 is 6.04 Å². The topological polar surface area (TPSA) is 55.4 Å². The van der Waals surface area contributed by atoms with Crippen LogP contribution < -0.4 is 5.32 Å². The molecule has 0 bridgehead atoms. The number of rotatable bonds is 21. The number of hydrogen-bond acceptors (Lipinski definition) is 4. The average molecular weight is 430 g/mol. The molecule has 0 saturated carbocycles. The summed E-state index contributed by atoms with van der Waals surface area (Å²) in [4.78, 5) is 23.8. The normalized spacial score (nSPS) is 12.0. The summed E-state index contributed by atoms with van der Waals surface area (Å²) < 4.78 is 4.78. The van der Waals surface area contributed by atoms with E-state index >= 15 is 0 Å². The lowest BCUT2D eigenvalue weighted by Gasteiger charge is -2.15. The van der Waals surface area contributed by atoms with Gasteiger partial charge in [-0.15, -0.1) is 0 Å². The Morgan fingerprint density at radius 2 is 1.24 bits per heavy atom. The molecule has 0 aromatic rings. The molecule has 0 aliphatic heterocycles. The summed E-state index contributed by atoms with van der Waals surface area (Å²) in [5.74, 6) is 0.457. The highest BCUT2D eigenvalue weighted by Crippen LogP contribution is 2.13. The summed E-state index contributed by atoms with van der Waals surface area (Å²) in [5.41, 5.74) is 0. The van der Waals surface area contributed by atoms with Crippen LogP contribution >= 0.6 is 11.8 Å². The molecule has 29 heavy (non-hydrogen) atoms. The monoisotopic (exact) mass is 429 g/mol. The van der Waals surface area contributed by atoms with Gasteiger partial charge in [0.1, 0.15) is 6.04 Å². The van der Waals surface area contributed by atoms with Crippen molar-refractivity contribution in [2.75, 3.05) is 19.1 Å². The number of amides is 1. The minimum absolute atomic E-state index is 0.0313. The molecule has 172 valence electrons. The van der Waals surface area contributed by atoms with Gasteiger partial charge < -0.3 is 10.1 Å². The highest BCUT2D eigenvalue weighted by atomic mass is 32.2. The fraction of sp³-hybridized carbons (Fsp3) is 0.917. The molecule has 0 spiro atoms. The van der Waals surface area contributed by atoms with Crippen molar-refractivity contribution in [3.05, 3.63) is 0 Å². The third-order valence-electron chi connectivity index (χ3n) is 5.44. The summed E-state index contributed by atoms with van der Waals surface area (Å²) in [5, 5.41) is 2.83. The van der Waals surface area contributed by atoms with Crippen LogP contribution in [0, 0.1) is 0 Å². The molecule has 0 aliphatic carbocycles. The third kappa shape index (κ3) is 19.0. The van der Waals surface area contributed by atoms with Crippen molar-refractivity contribution in [3.8, 4) is 0 Å². The van der Waals surface area contributed by atoms with Crippen molar-refractivity contribution in [3.63, 3.8) is 0 Å². The Bertz CT molecular complexity index is 390. The summed E-state index contributed by atoms with van der Waals surface area (Å²) in [6.07, 6.45) is 22.9. The van der Waals surface area contributed by atoms with E-state index in [1.807, 2.05) is 6.26 Å². The van der Waals surface area contributed by atoms with Crippen LogP contribution in [0.1, 0.15) is 116 Å². The Balaban J connectivity index is 3.46. The van der Waals surface area contributed by atoms with Crippen LogP contribution in [-0.4, -0.2) is 37.0 Å². The lowest BCUT2D eigenvalue weighted by atomic mass is 10.0. The molecule has 0 aromatic carbocycles. The Hall–Kier alpha value is -0.710. The first-order valence-corrected chi connectivity index (χ1v) is 13.4. The van der Waals surface area contributed by atoms with Gasteiger partial charge in [0.2, 0.25) is 5.91 Å². The number of esters is 1. The number of carbonyl (C=O) groups excluding carboxylic acids is 2. The number of thioether (sulfide) groups is 1. The molecular weight excluding hydrogens is 382 g/mol. The highest BCUT2D eigenvalue weighted by Gasteiger charge is 2.20. The van der Waals surface area contributed by atoms with E-state index in [0.717, 1.165) is 18.6 Å². The molecule has 0 aromatic heterocycles. The van der Waals surface area contributed by atoms with Gasteiger partial charge in [-0.05, 0) is 24.9 Å². The van der Waals surface area contributed by atoms with E-state index in [1.165, 1.54) is 90.6 Å². The van der Waals surface area contributed by atoms with Crippen LogP contribution in [-0.2, 0) is 14.3 Å². The summed E-state index contributed by atoms with van der Waals surface area (Å²) >= 11 is 1.67. The van der Waals surface area contributed by atoms with Gasteiger partial charge in [-0.1, -0.05) is 96.8 Å². The van der Waals surface area contributed by atoms with Gasteiger partial charge in [0.05, 0.1) is 7.11 Å².